The molecule has 2 atom stereocenters. The van der Waals surface area contributed by atoms with Gasteiger partial charge in [-0.1, -0.05) is 69.9 Å². The van der Waals surface area contributed by atoms with Crippen LogP contribution in [0.4, 0.5) is 0 Å². The molecule has 1 aromatic rings. The van der Waals surface area contributed by atoms with Crippen molar-refractivity contribution in [2.75, 3.05) is 6.54 Å². The number of benzene rings is 1. The molecular formula is C22H35NO. The van der Waals surface area contributed by atoms with Crippen molar-refractivity contribution in [1.29, 1.82) is 0 Å². The highest BCUT2D eigenvalue weighted by Crippen LogP contribution is 2.45. The number of nitrogens with one attached hydrogen (secondary N) is 1. The molecule has 1 N–H and O–H groups in total. The first-order valence-electron chi connectivity index (χ1n) is 10.0. The summed E-state index contributed by atoms with van der Waals surface area (Å²) in [6.07, 6.45) is 11.8. The summed E-state index contributed by atoms with van der Waals surface area (Å²) in [5, 5.41) is 3.13. The van der Waals surface area contributed by atoms with Crippen LogP contribution >= 0.6 is 0 Å². The van der Waals surface area contributed by atoms with Gasteiger partial charge in [0.2, 0.25) is 5.91 Å². The van der Waals surface area contributed by atoms with Gasteiger partial charge in [0.15, 0.2) is 0 Å². The molecule has 0 saturated carbocycles. The SMILES string of the molecule is CCCC[C@@H]1C(=O)NCCC1(CCC)CCCCc1ccccc1. The summed E-state index contributed by atoms with van der Waals surface area (Å²) in [6.45, 7) is 5.37. The molecule has 0 radical (unpaired) electrons. The van der Waals surface area contributed by atoms with Crippen LogP contribution < -0.4 is 5.32 Å². The van der Waals surface area contributed by atoms with E-state index in [9.17, 15) is 4.79 Å². The number of aryl methyl sites for hydroxylation is 1. The van der Waals surface area contributed by atoms with Gasteiger partial charge in [-0.2, -0.15) is 0 Å². The van der Waals surface area contributed by atoms with E-state index >= 15 is 0 Å². The lowest BCUT2D eigenvalue weighted by Crippen LogP contribution is -2.49. The highest BCUT2D eigenvalue weighted by atomic mass is 16.2. The number of carbonyl (C=O) groups excluding carboxylic acids is 1. The fraction of sp³-hybridized carbons (Fsp3) is 0.682. The average molecular weight is 330 g/mol. The van der Waals surface area contributed by atoms with Gasteiger partial charge in [-0.25, -0.2) is 0 Å². The maximum Gasteiger partial charge on any atom is 0.223 e. The molecular weight excluding hydrogens is 294 g/mol. The van der Waals surface area contributed by atoms with Crippen molar-refractivity contribution >= 4 is 5.91 Å². The Morgan fingerprint density at radius 3 is 2.54 bits per heavy atom. The monoisotopic (exact) mass is 329 g/mol. The lowest BCUT2D eigenvalue weighted by atomic mass is 9.63. The molecule has 1 unspecified atom stereocenters. The van der Waals surface area contributed by atoms with E-state index < -0.39 is 0 Å². The highest BCUT2D eigenvalue weighted by molar-refractivity contribution is 5.80. The molecule has 1 amide bonds. The van der Waals surface area contributed by atoms with Crippen molar-refractivity contribution in [2.45, 2.75) is 78.1 Å². The summed E-state index contributed by atoms with van der Waals surface area (Å²) >= 11 is 0. The van der Waals surface area contributed by atoms with Crippen LogP contribution in [0.5, 0.6) is 0 Å². The third-order valence-corrected chi connectivity index (χ3v) is 5.80. The molecule has 1 aromatic carbocycles. The Balaban J connectivity index is 1.95. The summed E-state index contributed by atoms with van der Waals surface area (Å²) < 4.78 is 0. The molecule has 0 aromatic heterocycles. The molecule has 134 valence electrons. The zero-order valence-corrected chi connectivity index (χ0v) is 15.7. The number of unbranched alkanes of at least 4 members (excludes halogenated alkanes) is 2. The maximum atomic E-state index is 12.5. The van der Waals surface area contributed by atoms with E-state index in [0.717, 1.165) is 19.4 Å². The Morgan fingerprint density at radius 2 is 1.83 bits per heavy atom. The maximum absolute atomic E-state index is 12.5. The zero-order chi connectivity index (χ0) is 17.3. The Hall–Kier alpha value is -1.31. The van der Waals surface area contributed by atoms with Crippen molar-refractivity contribution in [1.82, 2.24) is 5.32 Å². The molecule has 2 rings (SSSR count). The second-order valence-electron chi connectivity index (χ2n) is 7.54. The average Bonchev–Trinajstić information content (AvgIpc) is 2.60. The van der Waals surface area contributed by atoms with Crippen molar-refractivity contribution in [3.05, 3.63) is 35.9 Å². The smallest absolute Gasteiger partial charge is 0.223 e. The van der Waals surface area contributed by atoms with Gasteiger partial charge in [0.25, 0.3) is 0 Å². The van der Waals surface area contributed by atoms with Crippen LogP contribution in [0.15, 0.2) is 30.3 Å². The largest absolute Gasteiger partial charge is 0.356 e. The number of rotatable bonds is 10. The van der Waals surface area contributed by atoms with E-state index in [1.165, 1.54) is 56.9 Å². The molecule has 1 aliphatic rings. The van der Waals surface area contributed by atoms with Crippen LogP contribution in [0, 0.1) is 11.3 Å². The van der Waals surface area contributed by atoms with Crippen LogP contribution in [0.25, 0.3) is 0 Å². The van der Waals surface area contributed by atoms with E-state index in [4.69, 9.17) is 0 Å². The first kappa shape index (κ1) is 19.0. The van der Waals surface area contributed by atoms with E-state index in [1.807, 2.05) is 0 Å². The van der Waals surface area contributed by atoms with Gasteiger partial charge in [-0.05, 0) is 49.5 Å². The van der Waals surface area contributed by atoms with Gasteiger partial charge in [-0.3, -0.25) is 4.79 Å². The zero-order valence-electron chi connectivity index (χ0n) is 15.7. The fourth-order valence-electron chi connectivity index (χ4n) is 4.53. The van der Waals surface area contributed by atoms with Crippen LogP contribution in [0.1, 0.15) is 77.2 Å². The highest BCUT2D eigenvalue weighted by Gasteiger charge is 2.43. The Bertz CT molecular complexity index is 480. The summed E-state index contributed by atoms with van der Waals surface area (Å²) in [5.41, 5.74) is 1.69. The standard InChI is InChI=1S/C22H35NO/c1-3-5-14-20-21(24)23-18-17-22(20,15-4-2)16-10-9-13-19-11-7-6-8-12-19/h6-8,11-12,20H,3-5,9-10,13-18H2,1-2H3,(H,23,24)/t20-,22?/m1/s1. The van der Waals surface area contributed by atoms with Crippen LogP contribution in [0.3, 0.4) is 0 Å². The third kappa shape index (κ3) is 5.09. The van der Waals surface area contributed by atoms with E-state index in [1.54, 1.807) is 0 Å². The van der Waals surface area contributed by atoms with Crippen molar-refractivity contribution in [3.63, 3.8) is 0 Å². The van der Waals surface area contributed by atoms with Crippen molar-refractivity contribution in [3.8, 4) is 0 Å². The summed E-state index contributed by atoms with van der Waals surface area (Å²) in [5.74, 6) is 0.564. The van der Waals surface area contributed by atoms with E-state index in [2.05, 4.69) is 49.5 Å². The number of carbonyl (C=O) groups is 1. The first-order chi connectivity index (χ1) is 11.7. The van der Waals surface area contributed by atoms with Gasteiger partial charge in [-0.15, -0.1) is 0 Å². The van der Waals surface area contributed by atoms with E-state index in [0.29, 0.717) is 5.91 Å². The molecule has 24 heavy (non-hydrogen) atoms. The lowest BCUT2D eigenvalue weighted by Gasteiger charge is -2.44. The fourth-order valence-corrected chi connectivity index (χ4v) is 4.53. The second-order valence-corrected chi connectivity index (χ2v) is 7.54. The van der Waals surface area contributed by atoms with Gasteiger partial charge in [0, 0.05) is 12.5 Å². The number of hydrogen-bond donors (Lipinski definition) is 1. The first-order valence-corrected chi connectivity index (χ1v) is 10.0. The molecule has 0 bridgehead atoms. The molecule has 1 saturated heterocycles. The Labute approximate surface area is 148 Å². The lowest BCUT2D eigenvalue weighted by molar-refractivity contribution is -0.134. The minimum Gasteiger partial charge on any atom is -0.356 e. The molecule has 1 heterocycles. The topological polar surface area (TPSA) is 29.1 Å². The predicted octanol–water partition coefficient (Wildman–Crippen LogP) is 5.51. The van der Waals surface area contributed by atoms with Gasteiger partial charge in [0.05, 0.1) is 0 Å². The van der Waals surface area contributed by atoms with Gasteiger partial charge in [0.1, 0.15) is 0 Å². The molecule has 2 nitrogen and oxygen atoms in total. The quantitative estimate of drug-likeness (QED) is 0.563. The number of hydrogen-bond acceptors (Lipinski definition) is 1. The second kappa shape index (κ2) is 9.86. The predicted molar refractivity (Wildman–Crippen MR) is 102 cm³/mol. The summed E-state index contributed by atoms with van der Waals surface area (Å²) in [7, 11) is 0. The van der Waals surface area contributed by atoms with Gasteiger partial charge >= 0.3 is 0 Å². The molecule has 0 aliphatic carbocycles. The van der Waals surface area contributed by atoms with Crippen LogP contribution in [-0.4, -0.2) is 12.5 Å². The number of piperidine rings is 1. The van der Waals surface area contributed by atoms with Crippen LogP contribution in [0.2, 0.25) is 0 Å². The Morgan fingerprint density at radius 1 is 1.04 bits per heavy atom. The van der Waals surface area contributed by atoms with Gasteiger partial charge < -0.3 is 5.32 Å². The number of amides is 1. The van der Waals surface area contributed by atoms with Crippen molar-refractivity contribution < 1.29 is 4.79 Å². The van der Waals surface area contributed by atoms with Crippen LogP contribution in [-0.2, 0) is 11.2 Å². The summed E-state index contributed by atoms with van der Waals surface area (Å²) in [4.78, 5) is 12.5. The molecule has 1 fully saturated rings. The van der Waals surface area contributed by atoms with Crippen molar-refractivity contribution in [2.24, 2.45) is 11.3 Å². The van der Waals surface area contributed by atoms with E-state index in [-0.39, 0.29) is 11.3 Å². The molecule has 0 spiro atoms. The normalized spacial score (nSPS) is 23.9. The summed E-state index contributed by atoms with van der Waals surface area (Å²) in [6, 6.07) is 10.8. The molecule has 2 heteroatoms. The molecule has 1 aliphatic heterocycles. The minimum atomic E-state index is 0.239. The third-order valence-electron chi connectivity index (χ3n) is 5.80. The minimum absolute atomic E-state index is 0.239. The Kier molecular flexibility index (Phi) is 7.81.